The Morgan fingerprint density at radius 2 is 2.00 bits per heavy atom. The summed E-state index contributed by atoms with van der Waals surface area (Å²) in [5.41, 5.74) is 5.40. The normalized spacial score (nSPS) is 20.2. The van der Waals surface area contributed by atoms with Gasteiger partial charge in [0.05, 0.1) is 0 Å². The smallest absolute Gasteiger partial charge is 0.00194 e. The summed E-state index contributed by atoms with van der Waals surface area (Å²) < 4.78 is 0. The van der Waals surface area contributed by atoms with Crippen LogP contribution in [0.3, 0.4) is 0 Å². The summed E-state index contributed by atoms with van der Waals surface area (Å²) in [5.74, 6) is 0.949. The van der Waals surface area contributed by atoms with Gasteiger partial charge in [0.1, 0.15) is 0 Å². The molecule has 1 fully saturated rings. The van der Waals surface area contributed by atoms with Crippen molar-refractivity contribution in [3.63, 3.8) is 0 Å². The minimum absolute atomic E-state index is 0.858. The van der Waals surface area contributed by atoms with Crippen LogP contribution >= 0.6 is 0 Å². The third kappa shape index (κ3) is 3.21. The van der Waals surface area contributed by atoms with Crippen LogP contribution in [0.15, 0.2) is 0 Å². The van der Waals surface area contributed by atoms with Crippen molar-refractivity contribution in [3.8, 4) is 0 Å². The Balaban J connectivity index is 1.81. The van der Waals surface area contributed by atoms with Gasteiger partial charge in [0.2, 0.25) is 0 Å². The third-order valence-corrected chi connectivity index (χ3v) is 2.32. The summed E-state index contributed by atoms with van der Waals surface area (Å²) >= 11 is 0. The number of likely N-dealkylation sites (tertiary alicyclic amines) is 1. The molecule has 0 aromatic carbocycles. The highest BCUT2D eigenvalue weighted by molar-refractivity contribution is 4.75. The number of hydrogen-bond acceptors (Lipinski definition) is 2. The first-order valence-corrected chi connectivity index (χ1v) is 4.75. The maximum Gasteiger partial charge on any atom is 0.00194 e. The lowest BCUT2D eigenvalue weighted by molar-refractivity contribution is 0.111. The van der Waals surface area contributed by atoms with Crippen molar-refractivity contribution in [3.05, 3.63) is 0 Å². The minimum atomic E-state index is 0.858. The van der Waals surface area contributed by atoms with E-state index in [1.54, 1.807) is 0 Å². The van der Waals surface area contributed by atoms with Gasteiger partial charge in [-0.1, -0.05) is 13.3 Å². The standard InChI is InChI=1S/C9H20N2/c1-9-7-11(8-9)6-4-2-3-5-10/h9H,2-8,10H2,1H3. The van der Waals surface area contributed by atoms with Crippen LogP contribution < -0.4 is 5.73 Å². The summed E-state index contributed by atoms with van der Waals surface area (Å²) in [4.78, 5) is 2.53. The molecule has 0 amide bonds. The first kappa shape index (κ1) is 9.01. The molecule has 0 atom stereocenters. The van der Waals surface area contributed by atoms with Crippen LogP contribution in [0.25, 0.3) is 0 Å². The van der Waals surface area contributed by atoms with Crippen LogP contribution in [0.2, 0.25) is 0 Å². The number of unbranched alkanes of at least 4 members (excludes halogenated alkanes) is 2. The van der Waals surface area contributed by atoms with E-state index in [2.05, 4.69) is 11.8 Å². The number of hydrogen-bond donors (Lipinski definition) is 1. The monoisotopic (exact) mass is 156 g/mol. The van der Waals surface area contributed by atoms with Gasteiger partial charge in [-0.2, -0.15) is 0 Å². The minimum Gasteiger partial charge on any atom is -0.330 e. The van der Waals surface area contributed by atoms with Crippen LogP contribution in [0, 0.1) is 5.92 Å². The highest BCUT2D eigenvalue weighted by atomic mass is 15.2. The molecule has 0 bridgehead atoms. The molecule has 2 N–H and O–H groups in total. The van der Waals surface area contributed by atoms with Gasteiger partial charge in [-0.3, -0.25) is 0 Å². The second kappa shape index (κ2) is 4.73. The lowest BCUT2D eigenvalue weighted by atomic mass is 10.0. The van der Waals surface area contributed by atoms with Crippen molar-refractivity contribution < 1.29 is 0 Å². The topological polar surface area (TPSA) is 29.3 Å². The van der Waals surface area contributed by atoms with Crippen molar-refractivity contribution >= 4 is 0 Å². The Hall–Kier alpha value is -0.0800. The van der Waals surface area contributed by atoms with Crippen LogP contribution in [-0.4, -0.2) is 31.1 Å². The van der Waals surface area contributed by atoms with Crippen LogP contribution in [-0.2, 0) is 0 Å². The van der Waals surface area contributed by atoms with Gasteiger partial charge in [0.15, 0.2) is 0 Å². The molecule has 0 aromatic rings. The van der Waals surface area contributed by atoms with Crippen LogP contribution in [0.1, 0.15) is 26.2 Å². The molecule has 1 heterocycles. The molecule has 1 rings (SSSR count). The molecule has 0 spiro atoms. The molecule has 66 valence electrons. The number of nitrogens with zero attached hydrogens (tertiary/aromatic N) is 1. The van der Waals surface area contributed by atoms with E-state index in [9.17, 15) is 0 Å². The van der Waals surface area contributed by atoms with Gasteiger partial charge in [0.25, 0.3) is 0 Å². The van der Waals surface area contributed by atoms with Gasteiger partial charge in [-0.15, -0.1) is 0 Å². The Morgan fingerprint density at radius 1 is 1.27 bits per heavy atom. The lowest BCUT2D eigenvalue weighted by Gasteiger charge is -2.37. The highest BCUT2D eigenvalue weighted by Crippen LogP contribution is 2.14. The molecule has 1 saturated heterocycles. The van der Waals surface area contributed by atoms with Gasteiger partial charge < -0.3 is 10.6 Å². The molecule has 1 aliphatic rings. The van der Waals surface area contributed by atoms with Crippen molar-refractivity contribution in [2.45, 2.75) is 26.2 Å². The maximum absolute atomic E-state index is 5.40. The Bertz CT molecular complexity index is 97.7. The Kier molecular flexibility index (Phi) is 3.87. The van der Waals surface area contributed by atoms with Gasteiger partial charge in [-0.25, -0.2) is 0 Å². The molecule has 2 heteroatoms. The van der Waals surface area contributed by atoms with Gasteiger partial charge in [-0.05, 0) is 31.8 Å². The summed E-state index contributed by atoms with van der Waals surface area (Å²) in [6.45, 7) is 7.11. The summed E-state index contributed by atoms with van der Waals surface area (Å²) in [5, 5.41) is 0. The molecule has 11 heavy (non-hydrogen) atoms. The van der Waals surface area contributed by atoms with E-state index in [-0.39, 0.29) is 0 Å². The number of nitrogens with two attached hydrogens (primary N) is 1. The average Bonchev–Trinajstić information content (AvgIpc) is 1.94. The molecular formula is C9H20N2. The second-order valence-electron chi connectivity index (χ2n) is 3.71. The molecule has 0 radical (unpaired) electrons. The van der Waals surface area contributed by atoms with E-state index in [0.29, 0.717) is 0 Å². The third-order valence-electron chi connectivity index (χ3n) is 2.32. The lowest BCUT2D eigenvalue weighted by Crippen LogP contribution is -2.45. The zero-order valence-corrected chi connectivity index (χ0v) is 7.55. The largest absolute Gasteiger partial charge is 0.330 e. The summed E-state index contributed by atoms with van der Waals surface area (Å²) in [6, 6.07) is 0. The quantitative estimate of drug-likeness (QED) is 0.603. The zero-order chi connectivity index (χ0) is 8.10. The highest BCUT2D eigenvalue weighted by Gasteiger charge is 2.20. The van der Waals surface area contributed by atoms with E-state index in [4.69, 9.17) is 5.73 Å². The van der Waals surface area contributed by atoms with Crippen molar-refractivity contribution in [1.29, 1.82) is 0 Å². The van der Waals surface area contributed by atoms with Crippen LogP contribution in [0.4, 0.5) is 0 Å². The van der Waals surface area contributed by atoms with Gasteiger partial charge >= 0.3 is 0 Å². The Labute approximate surface area is 69.8 Å². The zero-order valence-electron chi connectivity index (χ0n) is 7.55. The van der Waals surface area contributed by atoms with E-state index in [1.165, 1.54) is 38.9 Å². The molecule has 0 aromatic heterocycles. The van der Waals surface area contributed by atoms with Gasteiger partial charge in [0, 0.05) is 13.1 Å². The summed E-state index contributed by atoms with van der Waals surface area (Å²) in [7, 11) is 0. The maximum atomic E-state index is 5.40. The molecule has 2 nitrogen and oxygen atoms in total. The molecule has 0 aliphatic carbocycles. The number of rotatable bonds is 5. The van der Waals surface area contributed by atoms with E-state index in [1.807, 2.05) is 0 Å². The first-order chi connectivity index (χ1) is 5.33. The predicted octanol–water partition coefficient (Wildman–Crippen LogP) is 1.07. The molecule has 0 unspecified atom stereocenters. The predicted molar refractivity (Wildman–Crippen MR) is 48.5 cm³/mol. The average molecular weight is 156 g/mol. The second-order valence-corrected chi connectivity index (χ2v) is 3.71. The van der Waals surface area contributed by atoms with E-state index < -0.39 is 0 Å². The van der Waals surface area contributed by atoms with Crippen molar-refractivity contribution in [1.82, 2.24) is 4.90 Å². The molecule has 0 saturated carbocycles. The van der Waals surface area contributed by atoms with Crippen molar-refractivity contribution in [2.75, 3.05) is 26.2 Å². The SMILES string of the molecule is CC1CN(CCCCCN)C1. The van der Waals surface area contributed by atoms with Crippen molar-refractivity contribution in [2.24, 2.45) is 11.7 Å². The summed E-state index contributed by atoms with van der Waals surface area (Å²) in [6.07, 6.45) is 3.84. The Morgan fingerprint density at radius 3 is 2.55 bits per heavy atom. The van der Waals surface area contributed by atoms with Crippen LogP contribution in [0.5, 0.6) is 0 Å². The fraction of sp³-hybridized carbons (Fsp3) is 1.00. The fourth-order valence-corrected chi connectivity index (χ4v) is 1.67. The molecule has 1 aliphatic heterocycles. The fourth-order valence-electron chi connectivity index (χ4n) is 1.67. The van der Waals surface area contributed by atoms with E-state index >= 15 is 0 Å². The van der Waals surface area contributed by atoms with E-state index in [0.717, 1.165) is 12.5 Å². The molecular weight excluding hydrogens is 136 g/mol. The first-order valence-electron chi connectivity index (χ1n) is 4.75.